The van der Waals surface area contributed by atoms with Gasteiger partial charge in [0, 0.05) is 14.1 Å². The lowest BCUT2D eigenvalue weighted by atomic mass is 10.2. The highest BCUT2D eigenvalue weighted by Crippen LogP contribution is 2.23. The lowest BCUT2D eigenvalue weighted by molar-refractivity contribution is 0.637. The van der Waals surface area contributed by atoms with Crippen molar-refractivity contribution in [2.24, 2.45) is 7.05 Å². The molecule has 0 atom stereocenters. The fourth-order valence-corrected chi connectivity index (χ4v) is 1.70. The van der Waals surface area contributed by atoms with Crippen molar-refractivity contribution >= 4 is 17.0 Å². The van der Waals surface area contributed by atoms with Crippen molar-refractivity contribution in [3.05, 3.63) is 23.5 Å². The molecule has 0 bridgehead atoms. The van der Waals surface area contributed by atoms with Crippen molar-refractivity contribution in [3.63, 3.8) is 0 Å². The van der Waals surface area contributed by atoms with Crippen LogP contribution in [0.4, 0.5) is 10.3 Å². The Balaban J connectivity index is 2.90. The summed E-state index contributed by atoms with van der Waals surface area (Å²) in [5.41, 5.74) is 2.30. The van der Waals surface area contributed by atoms with Crippen LogP contribution in [-0.4, -0.2) is 16.6 Å². The van der Waals surface area contributed by atoms with Gasteiger partial charge in [0.15, 0.2) is 5.82 Å². The maximum absolute atomic E-state index is 13.4. The molecule has 0 spiro atoms. The summed E-state index contributed by atoms with van der Waals surface area (Å²) < 4.78 is 15.2. The monoisotopic (exact) mass is 193 g/mol. The SMILES string of the molecule is CNc1nc2c(F)ccc(C)c2n1C. The Hall–Kier alpha value is -1.58. The molecule has 0 saturated carbocycles. The van der Waals surface area contributed by atoms with E-state index in [1.807, 2.05) is 18.5 Å². The standard InChI is InChI=1S/C10H12FN3/c1-6-4-5-7(11)8-9(6)14(3)10(12-2)13-8/h4-5H,1-3H3,(H,12,13). The fraction of sp³-hybridized carbons (Fsp3) is 0.300. The number of hydrogen-bond acceptors (Lipinski definition) is 2. The number of rotatable bonds is 1. The van der Waals surface area contributed by atoms with E-state index < -0.39 is 0 Å². The van der Waals surface area contributed by atoms with Crippen LogP contribution in [0.2, 0.25) is 0 Å². The first-order valence-electron chi connectivity index (χ1n) is 4.44. The molecule has 4 heteroatoms. The smallest absolute Gasteiger partial charge is 0.203 e. The van der Waals surface area contributed by atoms with Crippen molar-refractivity contribution in [1.82, 2.24) is 9.55 Å². The Kier molecular flexibility index (Phi) is 1.91. The average molecular weight is 193 g/mol. The quantitative estimate of drug-likeness (QED) is 0.751. The molecule has 0 saturated heterocycles. The average Bonchev–Trinajstić information content (AvgIpc) is 2.51. The number of anilines is 1. The van der Waals surface area contributed by atoms with Gasteiger partial charge in [0.25, 0.3) is 0 Å². The topological polar surface area (TPSA) is 29.9 Å². The number of nitrogens with one attached hydrogen (secondary N) is 1. The Morgan fingerprint density at radius 1 is 1.43 bits per heavy atom. The number of benzene rings is 1. The van der Waals surface area contributed by atoms with Crippen LogP contribution in [0.25, 0.3) is 11.0 Å². The van der Waals surface area contributed by atoms with Gasteiger partial charge < -0.3 is 9.88 Å². The van der Waals surface area contributed by atoms with Gasteiger partial charge in [-0.25, -0.2) is 9.37 Å². The van der Waals surface area contributed by atoms with Crippen LogP contribution in [0, 0.1) is 12.7 Å². The van der Waals surface area contributed by atoms with E-state index in [4.69, 9.17) is 0 Å². The minimum absolute atomic E-state index is 0.275. The van der Waals surface area contributed by atoms with E-state index in [2.05, 4.69) is 10.3 Å². The molecule has 0 fully saturated rings. The zero-order valence-electron chi connectivity index (χ0n) is 8.43. The fourth-order valence-electron chi connectivity index (χ4n) is 1.70. The van der Waals surface area contributed by atoms with Crippen molar-refractivity contribution in [2.75, 3.05) is 12.4 Å². The maximum Gasteiger partial charge on any atom is 0.203 e. The Morgan fingerprint density at radius 3 is 2.71 bits per heavy atom. The van der Waals surface area contributed by atoms with Crippen molar-refractivity contribution in [3.8, 4) is 0 Å². The van der Waals surface area contributed by atoms with Gasteiger partial charge in [-0.15, -0.1) is 0 Å². The molecule has 0 aliphatic heterocycles. The first-order valence-corrected chi connectivity index (χ1v) is 4.44. The molecule has 1 aromatic heterocycles. The van der Waals surface area contributed by atoms with Crippen LogP contribution in [0.3, 0.4) is 0 Å². The van der Waals surface area contributed by atoms with E-state index in [1.54, 1.807) is 13.1 Å². The Labute approximate surface area is 81.6 Å². The number of imidazole rings is 1. The summed E-state index contributed by atoms with van der Waals surface area (Å²) in [7, 11) is 3.64. The van der Waals surface area contributed by atoms with E-state index >= 15 is 0 Å². The highest BCUT2D eigenvalue weighted by molar-refractivity contribution is 5.82. The number of fused-ring (bicyclic) bond motifs is 1. The van der Waals surface area contributed by atoms with Crippen LogP contribution in [-0.2, 0) is 7.05 Å². The van der Waals surface area contributed by atoms with Crippen molar-refractivity contribution < 1.29 is 4.39 Å². The van der Waals surface area contributed by atoms with Gasteiger partial charge >= 0.3 is 0 Å². The third kappa shape index (κ3) is 1.07. The molecule has 3 nitrogen and oxygen atoms in total. The third-order valence-corrected chi connectivity index (χ3v) is 2.40. The van der Waals surface area contributed by atoms with Gasteiger partial charge in [0.1, 0.15) is 5.52 Å². The summed E-state index contributed by atoms with van der Waals surface area (Å²) in [6, 6.07) is 3.21. The van der Waals surface area contributed by atoms with Gasteiger partial charge in [0.2, 0.25) is 5.95 Å². The maximum atomic E-state index is 13.4. The molecule has 1 heterocycles. The van der Waals surface area contributed by atoms with E-state index in [0.717, 1.165) is 11.1 Å². The van der Waals surface area contributed by atoms with E-state index in [1.165, 1.54) is 6.07 Å². The van der Waals surface area contributed by atoms with Crippen LogP contribution in [0.1, 0.15) is 5.56 Å². The molecule has 2 rings (SSSR count). The van der Waals surface area contributed by atoms with Crippen LogP contribution >= 0.6 is 0 Å². The van der Waals surface area contributed by atoms with Gasteiger partial charge in [-0.05, 0) is 18.6 Å². The Morgan fingerprint density at radius 2 is 2.14 bits per heavy atom. The molecule has 0 aliphatic carbocycles. The lowest BCUT2D eigenvalue weighted by Gasteiger charge is -2.01. The summed E-state index contributed by atoms with van der Waals surface area (Å²) >= 11 is 0. The van der Waals surface area contributed by atoms with Crippen molar-refractivity contribution in [1.29, 1.82) is 0 Å². The zero-order valence-corrected chi connectivity index (χ0v) is 8.43. The normalized spacial score (nSPS) is 10.9. The first kappa shape index (κ1) is 8.99. The molecule has 74 valence electrons. The van der Waals surface area contributed by atoms with Crippen LogP contribution in [0.15, 0.2) is 12.1 Å². The number of hydrogen-bond donors (Lipinski definition) is 1. The largest absolute Gasteiger partial charge is 0.359 e. The van der Waals surface area contributed by atoms with E-state index in [0.29, 0.717) is 11.5 Å². The van der Waals surface area contributed by atoms with E-state index in [9.17, 15) is 4.39 Å². The van der Waals surface area contributed by atoms with Crippen molar-refractivity contribution in [2.45, 2.75) is 6.92 Å². The highest BCUT2D eigenvalue weighted by Gasteiger charge is 2.11. The van der Waals surface area contributed by atoms with Crippen LogP contribution < -0.4 is 5.32 Å². The second kappa shape index (κ2) is 2.97. The molecule has 0 radical (unpaired) electrons. The second-order valence-corrected chi connectivity index (χ2v) is 3.31. The molecule has 1 N–H and O–H groups in total. The van der Waals surface area contributed by atoms with Gasteiger partial charge in [0.05, 0.1) is 5.52 Å². The third-order valence-electron chi connectivity index (χ3n) is 2.40. The predicted octanol–water partition coefficient (Wildman–Crippen LogP) is 2.06. The Bertz CT molecular complexity index is 488. The van der Waals surface area contributed by atoms with Crippen LogP contribution in [0.5, 0.6) is 0 Å². The molecular weight excluding hydrogens is 181 g/mol. The summed E-state index contributed by atoms with van der Waals surface area (Å²) in [6.07, 6.45) is 0. The minimum atomic E-state index is -0.275. The summed E-state index contributed by atoms with van der Waals surface area (Å²) in [4.78, 5) is 4.17. The summed E-state index contributed by atoms with van der Waals surface area (Å²) in [5.74, 6) is 0.399. The molecule has 14 heavy (non-hydrogen) atoms. The minimum Gasteiger partial charge on any atom is -0.359 e. The van der Waals surface area contributed by atoms with Gasteiger partial charge in [-0.2, -0.15) is 0 Å². The molecule has 2 aromatic rings. The molecule has 0 unspecified atom stereocenters. The zero-order chi connectivity index (χ0) is 10.3. The predicted molar refractivity (Wildman–Crippen MR) is 55.0 cm³/mol. The number of aryl methyl sites for hydroxylation is 2. The molecular formula is C10H12FN3. The van der Waals surface area contributed by atoms with Gasteiger partial charge in [-0.1, -0.05) is 6.07 Å². The number of aromatic nitrogens is 2. The molecule has 1 aromatic carbocycles. The van der Waals surface area contributed by atoms with E-state index in [-0.39, 0.29) is 5.82 Å². The molecule has 0 amide bonds. The second-order valence-electron chi connectivity index (χ2n) is 3.31. The number of nitrogens with zero attached hydrogens (tertiary/aromatic N) is 2. The highest BCUT2D eigenvalue weighted by atomic mass is 19.1. The summed E-state index contributed by atoms with van der Waals surface area (Å²) in [6.45, 7) is 1.95. The summed E-state index contributed by atoms with van der Waals surface area (Å²) in [5, 5.41) is 2.92. The first-order chi connectivity index (χ1) is 6.65. The number of halogens is 1. The molecule has 0 aliphatic rings. The lowest BCUT2D eigenvalue weighted by Crippen LogP contribution is -1.98. The van der Waals surface area contributed by atoms with Gasteiger partial charge in [-0.3, -0.25) is 0 Å².